The molecule has 0 fully saturated rings. The van der Waals surface area contributed by atoms with Gasteiger partial charge in [-0.15, -0.1) is 11.8 Å². The number of hydrogen-bond acceptors (Lipinski definition) is 5. The van der Waals surface area contributed by atoms with E-state index < -0.39 is 0 Å². The van der Waals surface area contributed by atoms with E-state index in [0.29, 0.717) is 29.7 Å². The summed E-state index contributed by atoms with van der Waals surface area (Å²) in [4.78, 5) is 12.9. The number of benzene rings is 2. The molecular formula is C19H20BrClN2O3S. The van der Waals surface area contributed by atoms with Gasteiger partial charge in [-0.05, 0) is 66.2 Å². The van der Waals surface area contributed by atoms with Gasteiger partial charge in [-0.3, -0.25) is 4.79 Å². The third-order valence-corrected chi connectivity index (χ3v) is 5.19. The van der Waals surface area contributed by atoms with Crippen LogP contribution in [0.25, 0.3) is 0 Å². The summed E-state index contributed by atoms with van der Waals surface area (Å²) in [6.45, 7) is 4.89. The number of halogens is 2. The van der Waals surface area contributed by atoms with Crippen LogP contribution in [0, 0.1) is 0 Å². The molecule has 0 saturated heterocycles. The van der Waals surface area contributed by atoms with Gasteiger partial charge >= 0.3 is 0 Å². The number of hydrogen-bond donors (Lipinski definition) is 1. The zero-order valence-electron chi connectivity index (χ0n) is 15.0. The molecule has 27 heavy (non-hydrogen) atoms. The molecule has 0 aliphatic carbocycles. The molecule has 0 bridgehead atoms. The molecule has 0 saturated carbocycles. The minimum absolute atomic E-state index is 0.196. The number of rotatable bonds is 9. The van der Waals surface area contributed by atoms with Crippen LogP contribution in [0.4, 0.5) is 0 Å². The van der Waals surface area contributed by atoms with Crippen molar-refractivity contribution in [1.82, 2.24) is 5.43 Å². The maximum Gasteiger partial charge on any atom is 0.250 e. The molecule has 2 aromatic carbocycles. The standard InChI is InChI=1S/C19H20BrClN2O3S/c1-3-25-17-9-13(16(20)10-18(17)26-4-2)11-22-23-19(24)12-27-15-7-5-14(21)6-8-15/h5-11H,3-4,12H2,1-2H3,(H,23,24)/b22-11-. The third-order valence-electron chi connectivity index (χ3n) is 3.24. The molecule has 0 spiro atoms. The first-order valence-electron chi connectivity index (χ1n) is 8.32. The molecule has 0 atom stereocenters. The monoisotopic (exact) mass is 470 g/mol. The average molecular weight is 472 g/mol. The Morgan fingerprint density at radius 3 is 2.44 bits per heavy atom. The lowest BCUT2D eigenvalue weighted by atomic mass is 10.2. The van der Waals surface area contributed by atoms with Crippen molar-refractivity contribution in [3.8, 4) is 11.5 Å². The number of amides is 1. The molecule has 8 heteroatoms. The smallest absolute Gasteiger partial charge is 0.250 e. The lowest BCUT2D eigenvalue weighted by molar-refractivity contribution is -0.118. The van der Waals surface area contributed by atoms with Crippen LogP contribution >= 0.6 is 39.3 Å². The lowest BCUT2D eigenvalue weighted by Gasteiger charge is -2.12. The van der Waals surface area contributed by atoms with Crippen LogP contribution in [-0.4, -0.2) is 31.1 Å². The van der Waals surface area contributed by atoms with Crippen molar-refractivity contribution in [1.29, 1.82) is 0 Å². The molecule has 2 rings (SSSR count). The Hall–Kier alpha value is -1.70. The highest BCUT2D eigenvalue weighted by Crippen LogP contribution is 2.33. The molecule has 144 valence electrons. The van der Waals surface area contributed by atoms with Gasteiger partial charge in [-0.25, -0.2) is 5.43 Å². The molecule has 1 amide bonds. The summed E-state index contributed by atoms with van der Waals surface area (Å²) in [5.41, 5.74) is 3.29. The summed E-state index contributed by atoms with van der Waals surface area (Å²) in [6, 6.07) is 11.0. The highest BCUT2D eigenvalue weighted by atomic mass is 79.9. The Morgan fingerprint density at radius 2 is 1.81 bits per heavy atom. The zero-order chi connectivity index (χ0) is 19.6. The van der Waals surface area contributed by atoms with Crippen LogP contribution in [0.2, 0.25) is 5.02 Å². The van der Waals surface area contributed by atoms with Crippen molar-refractivity contribution < 1.29 is 14.3 Å². The van der Waals surface area contributed by atoms with Crippen LogP contribution in [0.5, 0.6) is 11.5 Å². The van der Waals surface area contributed by atoms with Gasteiger partial charge < -0.3 is 9.47 Å². The molecule has 0 heterocycles. The Balaban J connectivity index is 1.95. The predicted molar refractivity (Wildman–Crippen MR) is 114 cm³/mol. The zero-order valence-corrected chi connectivity index (χ0v) is 18.2. The summed E-state index contributed by atoms with van der Waals surface area (Å²) in [7, 11) is 0. The van der Waals surface area contributed by atoms with E-state index >= 15 is 0 Å². The Bertz CT molecular complexity index is 800. The maximum atomic E-state index is 11.9. The van der Waals surface area contributed by atoms with Crippen LogP contribution in [0.1, 0.15) is 19.4 Å². The van der Waals surface area contributed by atoms with Crippen molar-refractivity contribution in [2.75, 3.05) is 19.0 Å². The number of nitrogens with one attached hydrogen (secondary N) is 1. The fraction of sp³-hybridized carbons (Fsp3) is 0.263. The topological polar surface area (TPSA) is 59.9 Å². The normalized spacial score (nSPS) is 10.8. The number of thioether (sulfide) groups is 1. The highest BCUT2D eigenvalue weighted by Gasteiger charge is 2.10. The minimum Gasteiger partial charge on any atom is -0.490 e. The quantitative estimate of drug-likeness (QED) is 0.312. The number of carbonyl (C=O) groups is 1. The van der Waals surface area contributed by atoms with Gasteiger partial charge in [0, 0.05) is 20.0 Å². The van der Waals surface area contributed by atoms with E-state index in [1.165, 1.54) is 11.8 Å². The summed E-state index contributed by atoms with van der Waals surface area (Å²) in [5.74, 6) is 1.35. The SMILES string of the molecule is CCOc1cc(Br)c(/C=N\NC(=O)CSc2ccc(Cl)cc2)cc1OCC. The van der Waals surface area contributed by atoms with E-state index in [4.69, 9.17) is 21.1 Å². The van der Waals surface area contributed by atoms with Crippen LogP contribution in [0.15, 0.2) is 50.9 Å². The maximum absolute atomic E-state index is 11.9. The fourth-order valence-electron chi connectivity index (χ4n) is 2.07. The molecule has 1 N–H and O–H groups in total. The van der Waals surface area contributed by atoms with E-state index in [0.717, 1.165) is 14.9 Å². The summed E-state index contributed by atoms with van der Waals surface area (Å²) < 4.78 is 12.0. The van der Waals surface area contributed by atoms with Crippen molar-refractivity contribution in [3.05, 3.63) is 51.5 Å². The molecular weight excluding hydrogens is 452 g/mol. The number of carbonyl (C=O) groups excluding carboxylic acids is 1. The van der Waals surface area contributed by atoms with Gasteiger partial charge in [0.15, 0.2) is 11.5 Å². The second kappa shape index (κ2) is 11.2. The van der Waals surface area contributed by atoms with Crippen LogP contribution in [-0.2, 0) is 4.79 Å². The van der Waals surface area contributed by atoms with E-state index in [1.807, 2.05) is 38.1 Å². The fourth-order valence-corrected chi connectivity index (χ4v) is 3.31. The molecule has 5 nitrogen and oxygen atoms in total. The number of nitrogens with zero attached hydrogens (tertiary/aromatic N) is 1. The summed E-state index contributed by atoms with van der Waals surface area (Å²) >= 11 is 10.7. The van der Waals surface area contributed by atoms with Gasteiger partial charge in [0.1, 0.15) is 0 Å². The van der Waals surface area contributed by atoms with Crippen molar-refractivity contribution >= 4 is 51.4 Å². The van der Waals surface area contributed by atoms with Gasteiger partial charge in [0.05, 0.1) is 25.2 Å². The Kier molecular flexibility index (Phi) is 8.97. The molecule has 2 aromatic rings. The van der Waals surface area contributed by atoms with Crippen LogP contribution in [0.3, 0.4) is 0 Å². The molecule has 0 aliphatic rings. The predicted octanol–water partition coefficient (Wildman–Crippen LogP) is 5.14. The van der Waals surface area contributed by atoms with Crippen molar-refractivity contribution in [2.24, 2.45) is 5.10 Å². The van der Waals surface area contributed by atoms with Crippen molar-refractivity contribution in [2.45, 2.75) is 18.7 Å². The molecule has 0 radical (unpaired) electrons. The molecule has 0 unspecified atom stereocenters. The van der Waals surface area contributed by atoms with Crippen LogP contribution < -0.4 is 14.9 Å². The molecule has 0 aliphatic heterocycles. The first-order valence-corrected chi connectivity index (χ1v) is 10.5. The van der Waals surface area contributed by atoms with Gasteiger partial charge in [-0.1, -0.05) is 11.6 Å². The average Bonchev–Trinajstić information content (AvgIpc) is 2.65. The van der Waals surface area contributed by atoms with E-state index in [2.05, 4.69) is 26.5 Å². The lowest BCUT2D eigenvalue weighted by Crippen LogP contribution is -2.19. The Morgan fingerprint density at radius 1 is 1.19 bits per heavy atom. The third kappa shape index (κ3) is 7.08. The van der Waals surface area contributed by atoms with Gasteiger partial charge in [0.2, 0.25) is 5.91 Å². The largest absolute Gasteiger partial charge is 0.490 e. The second-order valence-electron chi connectivity index (χ2n) is 5.22. The van der Waals surface area contributed by atoms with E-state index in [9.17, 15) is 4.79 Å². The van der Waals surface area contributed by atoms with Gasteiger partial charge in [-0.2, -0.15) is 5.10 Å². The summed E-state index contributed by atoms with van der Waals surface area (Å²) in [5, 5.41) is 4.69. The van der Waals surface area contributed by atoms with Crippen molar-refractivity contribution in [3.63, 3.8) is 0 Å². The second-order valence-corrected chi connectivity index (χ2v) is 7.56. The van der Waals surface area contributed by atoms with E-state index in [-0.39, 0.29) is 11.7 Å². The first kappa shape index (κ1) is 21.6. The summed E-state index contributed by atoms with van der Waals surface area (Å²) in [6.07, 6.45) is 1.56. The van der Waals surface area contributed by atoms with E-state index in [1.54, 1.807) is 18.3 Å². The highest BCUT2D eigenvalue weighted by molar-refractivity contribution is 9.10. The molecule has 0 aromatic heterocycles. The van der Waals surface area contributed by atoms with Gasteiger partial charge in [0.25, 0.3) is 0 Å². The number of ether oxygens (including phenoxy) is 2. The Labute approximate surface area is 176 Å². The number of hydrazone groups is 1. The first-order chi connectivity index (χ1) is 13.0. The minimum atomic E-state index is -0.196.